The SMILES string of the molecule is CCNC(=O)[C@H]1CCN(CC(=O)N2CCCCCC2)C1. The van der Waals surface area contributed by atoms with E-state index in [2.05, 4.69) is 10.2 Å². The van der Waals surface area contributed by atoms with Gasteiger partial charge in [0.25, 0.3) is 0 Å². The standard InChI is InChI=1S/C15H27N3O2/c1-2-16-15(20)13-7-10-17(11-13)12-14(19)18-8-5-3-4-6-9-18/h13H,2-12H2,1H3,(H,16,20)/t13-/m0/s1. The van der Waals surface area contributed by atoms with Gasteiger partial charge in [-0.25, -0.2) is 0 Å². The maximum absolute atomic E-state index is 12.3. The fraction of sp³-hybridized carbons (Fsp3) is 0.867. The van der Waals surface area contributed by atoms with Crippen LogP contribution in [0.1, 0.15) is 39.0 Å². The molecule has 2 aliphatic heterocycles. The van der Waals surface area contributed by atoms with Gasteiger partial charge in [0.15, 0.2) is 0 Å². The van der Waals surface area contributed by atoms with Crippen molar-refractivity contribution in [2.45, 2.75) is 39.0 Å². The molecule has 20 heavy (non-hydrogen) atoms. The summed E-state index contributed by atoms with van der Waals surface area (Å²) in [6.07, 6.45) is 5.62. The molecule has 1 N–H and O–H groups in total. The van der Waals surface area contributed by atoms with Crippen LogP contribution in [0.2, 0.25) is 0 Å². The van der Waals surface area contributed by atoms with Gasteiger partial charge in [-0.2, -0.15) is 0 Å². The van der Waals surface area contributed by atoms with Gasteiger partial charge in [0, 0.05) is 26.2 Å². The number of hydrogen-bond donors (Lipinski definition) is 1. The van der Waals surface area contributed by atoms with Gasteiger partial charge < -0.3 is 10.2 Å². The Bertz CT molecular complexity index is 338. The fourth-order valence-corrected chi connectivity index (χ4v) is 3.12. The molecule has 0 unspecified atom stereocenters. The van der Waals surface area contributed by atoms with Crippen LogP contribution in [-0.4, -0.2) is 60.9 Å². The molecule has 5 nitrogen and oxygen atoms in total. The van der Waals surface area contributed by atoms with Gasteiger partial charge in [-0.1, -0.05) is 12.8 Å². The van der Waals surface area contributed by atoms with E-state index in [0.717, 1.165) is 45.4 Å². The molecule has 0 bridgehead atoms. The summed E-state index contributed by atoms with van der Waals surface area (Å²) in [4.78, 5) is 28.2. The van der Waals surface area contributed by atoms with E-state index in [0.29, 0.717) is 13.1 Å². The summed E-state index contributed by atoms with van der Waals surface area (Å²) in [6.45, 7) is 6.51. The average molecular weight is 281 g/mol. The first-order chi connectivity index (χ1) is 9.70. The molecule has 0 aliphatic carbocycles. The van der Waals surface area contributed by atoms with E-state index < -0.39 is 0 Å². The Morgan fingerprint density at radius 3 is 2.45 bits per heavy atom. The van der Waals surface area contributed by atoms with E-state index in [1.807, 2.05) is 11.8 Å². The first-order valence-electron chi connectivity index (χ1n) is 7.98. The van der Waals surface area contributed by atoms with Crippen LogP contribution in [0.5, 0.6) is 0 Å². The second kappa shape index (κ2) is 7.62. The van der Waals surface area contributed by atoms with Crippen molar-refractivity contribution in [3.8, 4) is 0 Å². The highest BCUT2D eigenvalue weighted by atomic mass is 16.2. The molecule has 2 heterocycles. The van der Waals surface area contributed by atoms with E-state index in [9.17, 15) is 9.59 Å². The van der Waals surface area contributed by atoms with Crippen LogP contribution in [0.3, 0.4) is 0 Å². The Kier molecular flexibility index (Phi) is 5.83. The molecule has 0 saturated carbocycles. The van der Waals surface area contributed by atoms with Gasteiger partial charge in [0.1, 0.15) is 0 Å². The number of carbonyl (C=O) groups is 2. The molecular formula is C15H27N3O2. The maximum atomic E-state index is 12.3. The van der Waals surface area contributed by atoms with Gasteiger partial charge in [-0.3, -0.25) is 14.5 Å². The lowest BCUT2D eigenvalue weighted by atomic mass is 10.1. The third kappa shape index (κ3) is 4.20. The van der Waals surface area contributed by atoms with Crippen LogP contribution < -0.4 is 5.32 Å². The fourth-order valence-electron chi connectivity index (χ4n) is 3.12. The predicted molar refractivity (Wildman–Crippen MR) is 78.3 cm³/mol. The number of likely N-dealkylation sites (tertiary alicyclic amines) is 2. The Labute approximate surface area is 121 Å². The van der Waals surface area contributed by atoms with Crippen LogP contribution in [0.4, 0.5) is 0 Å². The molecule has 1 atom stereocenters. The number of nitrogens with zero attached hydrogens (tertiary/aromatic N) is 2. The number of nitrogens with one attached hydrogen (secondary N) is 1. The minimum atomic E-state index is 0.0619. The minimum Gasteiger partial charge on any atom is -0.356 e. The summed E-state index contributed by atoms with van der Waals surface area (Å²) < 4.78 is 0. The Hall–Kier alpha value is -1.10. The lowest BCUT2D eigenvalue weighted by molar-refractivity contribution is -0.132. The molecule has 2 fully saturated rings. The minimum absolute atomic E-state index is 0.0619. The van der Waals surface area contributed by atoms with Crippen LogP contribution in [0.25, 0.3) is 0 Å². The second-order valence-electron chi connectivity index (χ2n) is 5.91. The van der Waals surface area contributed by atoms with Crippen molar-refractivity contribution in [2.24, 2.45) is 5.92 Å². The van der Waals surface area contributed by atoms with E-state index in [4.69, 9.17) is 0 Å². The van der Waals surface area contributed by atoms with Gasteiger partial charge in [0.05, 0.1) is 12.5 Å². The molecule has 2 saturated heterocycles. The number of hydrogen-bond acceptors (Lipinski definition) is 3. The van der Waals surface area contributed by atoms with Crippen molar-refractivity contribution in [2.75, 3.05) is 39.3 Å². The molecule has 0 aromatic rings. The number of amides is 2. The highest BCUT2D eigenvalue weighted by molar-refractivity contribution is 5.80. The second-order valence-corrected chi connectivity index (χ2v) is 5.91. The molecule has 2 aliphatic rings. The largest absolute Gasteiger partial charge is 0.356 e. The topological polar surface area (TPSA) is 52.7 Å². The third-order valence-electron chi connectivity index (χ3n) is 4.31. The van der Waals surface area contributed by atoms with Crippen molar-refractivity contribution in [3.63, 3.8) is 0 Å². The summed E-state index contributed by atoms with van der Waals surface area (Å²) in [5, 5.41) is 2.87. The molecular weight excluding hydrogens is 254 g/mol. The molecule has 2 amide bonds. The third-order valence-corrected chi connectivity index (χ3v) is 4.31. The van der Waals surface area contributed by atoms with Crippen molar-refractivity contribution in [1.29, 1.82) is 0 Å². The first kappa shape index (κ1) is 15.3. The quantitative estimate of drug-likeness (QED) is 0.831. The zero-order chi connectivity index (χ0) is 14.4. The van der Waals surface area contributed by atoms with Crippen LogP contribution in [-0.2, 0) is 9.59 Å². The summed E-state index contributed by atoms with van der Waals surface area (Å²) in [7, 11) is 0. The van der Waals surface area contributed by atoms with Crippen molar-refractivity contribution < 1.29 is 9.59 Å². The highest BCUT2D eigenvalue weighted by Crippen LogP contribution is 2.17. The monoisotopic (exact) mass is 281 g/mol. The van der Waals surface area contributed by atoms with Crippen molar-refractivity contribution >= 4 is 11.8 Å². The van der Waals surface area contributed by atoms with Crippen LogP contribution in [0.15, 0.2) is 0 Å². The molecule has 0 spiro atoms. The lowest BCUT2D eigenvalue weighted by Crippen LogP contribution is -2.40. The molecule has 0 radical (unpaired) electrons. The van der Waals surface area contributed by atoms with Crippen molar-refractivity contribution in [3.05, 3.63) is 0 Å². The molecule has 2 rings (SSSR count). The van der Waals surface area contributed by atoms with Crippen LogP contribution in [0, 0.1) is 5.92 Å². The van der Waals surface area contributed by atoms with Gasteiger partial charge in [-0.15, -0.1) is 0 Å². The predicted octanol–water partition coefficient (Wildman–Crippen LogP) is 0.847. The highest BCUT2D eigenvalue weighted by Gasteiger charge is 2.29. The summed E-state index contributed by atoms with van der Waals surface area (Å²) in [5.41, 5.74) is 0. The smallest absolute Gasteiger partial charge is 0.236 e. The Morgan fingerprint density at radius 2 is 1.80 bits per heavy atom. The maximum Gasteiger partial charge on any atom is 0.236 e. The van der Waals surface area contributed by atoms with Gasteiger partial charge in [0.2, 0.25) is 11.8 Å². The summed E-state index contributed by atoms with van der Waals surface area (Å²) in [5.74, 6) is 0.438. The van der Waals surface area contributed by atoms with E-state index in [-0.39, 0.29) is 17.7 Å². The first-order valence-corrected chi connectivity index (χ1v) is 7.98. The zero-order valence-corrected chi connectivity index (χ0v) is 12.6. The van der Waals surface area contributed by atoms with Gasteiger partial charge in [-0.05, 0) is 32.7 Å². The number of rotatable bonds is 4. The van der Waals surface area contributed by atoms with E-state index >= 15 is 0 Å². The molecule has 5 heteroatoms. The lowest BCUT2D eigenvalue weighted by Gasteiger charge is -2.23. The van der Waals surface area contributed by atoms with E-state index in [1.54, 1.807) is 0 Å². The molecule has 0 aromatic heterocycles. The normalized spacial score (nSPS) is 24.4. The van der Waals surface area contributed by atoms with Gasteiger partial charge >= 0.3 is 0 Å². The molecule has 0 aromatic carbocycles. The summed E-state index contributed by atoms with van der Waals surface area (Å²) >= 11 is 0. The average Bonchev–Trinajstić information content (AvgIpc) is 2.73. The summed E-state index contributed by atoms with van der Waals surface area (Å²) in [6, 6.07) is 0. The van der Waals surface area contributed by atoms with Crippen LogP contribution >= 0.6 is 0 Å². The van der Waals surface area contributed by atoms with E-state index in [1.165, 1.54) is 12.8 Å². The Morgan fingerprint density at radius 1 is 1.10 bits per heavy atom. The number of carbonyl (C=O) groups excluding carboxylic acids is 2. The molecule has 114 valence electrons. The Balaban J connectivity index is 1.76. The zero-order valence-electron chi connectivity index (χ0n) is 12.6. The van der Waals surface area contributed by atoms with Crippen molar-refractivity contribution in [1.82, 2.24) is 15.1 Å².